The molecule has 2 aromatic rings. The first kappa shape index (κ1) is 10.6. The summed E-state index contributed by atoms with van der Waals surface area (Å²) in [5, 5.41) is 3.78. The summed E-state index contributed by atoms with van der Waals surface area (Å²) < 4.78 is 0. The van der Waals surface area contributed by atoms with Crippen LogP contribution in [-0.2, 0) is 0 Å². The summed E-state index contributed by atoms with van der Waals surface area (Å²) >= 11 is 1.54. The normalized spacial score (nSPS) is 10.4. The number of nitrogens with two attached hydrogens (primary N) is 2. The lowest BCUT2D eigenvalue weighted by molar-refractivity contribution is 1.17. The molecule has 5 N–H and O–H groups in total. The Morgan fingerprint density at radius 2 is 2.00 bits per heavy atom. The zero-order chi connectivity index (χ0) is 11.7. The Labute approximate surface area is 96.7 Å². The van der Waals surface area contributed by atoms with Gasteiger partial charge in [-0.15, -0.1) is 11.3 Å². The number of hydrogen-bond donors (Lipinski definition) is 3. The van der Waals surface area contributed by atoms with Crippen molar-refractivity contribution in [2.24, 2.45) is 0 Å². The van der Waals surface area contributed by atoms with Gasteiger partial charge in [0.25, 0.3) is 0 Å². The summed E-state index contributed by atoms with van der Waals surface area (Å²) in [6, 6.07) is 0. The number of nitrogens with one attached hydrogen (secondary N) is 1. The van der Waals surface area contributed by atoms with E-state index in [4.69, 9.17) is 11.5 Å². The van der Waals surface area contributed by atoms with E-state index in [-0.39, 0.29) is 5.82 Å². The number of hydrogen-bond acceptors (Lipinski definition) is 7. The summed E-state index contributed by atoms with van der Waals surface area (Å²) in [7, 11) is 0. The van der Waals surface area contributed by atoms with E-state index in [0.717, 1.165) is 15.7 Å². The molecule has 0 radical (unpaired) electrons. The number of aromatic nitrogens is 3. The Kier molecular flexibility index (Phi) is 2.61. The molecule has 2 aromatic heterocycles. The first-order valence-electron chi connectivity index (χ1n) is 4.65. The zero-order valence-electron chi connectivity index (χ0n) is 8.98. The fourth-order valence-electron chi connectivity index (χ4n) is 1.14. The summed E-state index contributed by atoms with van der Waals surface area (Å²) in [5.74, 6) is 0.753. The number of aryl methyl sites for hydroxylation is 2. The monoisotopic (exact) mass is 236 g/mol. The van der Waals surface area contributed by atoms with Crippen molar-refractivity contribution in [3.63, 3.8) is 0 Å². The van der Waals surface area contributed by atoms with Gasteiger partial charge >= 0.3 is 0 Å². The molecule has 0 saturated carbocycles. The first-order chi connectivity index (χ1) is 7.58. The number of rotatable bonds is 2. The Bertz CT molecular complexity index is 501. The smallest absolute Gasteiger partial charge is 0.188 e. The summed E-state index contributed by atoms with van der Waals surface area (Å²) in [5.41, 5.74) is 12.7. The Morgan fingerprint density at radius 1 is 1.25 bits per heavy atom. The molecule has 0 bridgehead atoms. The van der Waals surface area contributed by atoms with Crippen molar-refractivity contribution in [3.05, 3.63) is 16.9 Å². The Morgan fingerprint density at radius 3 is 2.62 bits per heavy atom. The zero-order valence-corrected chi connectivity index (χ0v) is 9.80. The highest BCUT2D eigenvalue weighted by molar-refractivity contribution is 7.15. The van der Waals surface area contributed by atoms with Gasteiger partial charge in [-0.1, -0.05) is 0 Å². The highest BCUT2D eigenvalue weighted by Crippen LogP contribution is 2.27. The lowest BCUT2D eigenvalue weighted by atomic mass is 10.4. The van der Waals surface area contributed by atoms with E-state index in [1.807, 2.05) is 13.8 Å². The first-order valence-corrected chi connectivity index (χ1v) is 5.46. The molecule has 0 spiro atoms. The van der Waals surface area contributed by atoms with Gasteiger partial charge in [-0.05, 0) is 13.8 Å². The average Bonchev–Trinajstić information content (AvgIpc) is 2.54. The van der Waals surface area contributed by atoms with Crippen molar-refractivity contribution < 1.29 is 0 Å². The third-order valence-electron chi connectivity index (χ3n) is 2.17. The highest BCUT2D eigenvalue weighted by atomic mass is 32.1. The third kappa shape index (κ3) is 1.89. The fraction of sp³-hybridized carbons (Fsp3) is 0.222. The fourth-order valence-corrected chi connectivity index (χ4v) is 1.95. The predicted molar refractivity (Wildman–Crippen MR) is 65.7 cm³/mol. The van der Waals surface area contributed by atoms with E-state index in [0.29, 0.717) is 11.5 Å². The molecule has 0 aliphatic carbocycles. The number of thiazole rings is 1. The molecule has 0 saturated heterocycles. The molecule has 2 rings (SSSR count). The molecule has 6 nitrogen and oxygen atoms in total. The topological polar surface area (TPSA) is 103 Å². The van der Waals surface area contributed by atoms with Crippen molar-refractivity contribution in [1.82, 2.24) is 15.0 Å². The van der Waals surface area contributed by atoms with Crippen molar-refractivity contribution in [3.8, 4) is 0 Å². The van der Waals surface area contributed by atoms with Gasteiger partial charge in [0.2, 0.25) is 0 Å². The standard InChI is InChI=1S/C9H12N6S/c1-4-5(2)16-9(14-4)15-8-6(10)7(11)12-3-13-8/h3H,10H2,1-2H3,(H3,11,12,13,14,15). The number of anilines is 4. The SMILES string of the molecule is Cc1nc(Nc2ncnc(N)c2N)sc1C. The van der Waals surface area contributed by atoms with Crippen LogP contribution < -0.4 is 16.8 Å². The van der Waals surface area contributed by atoms with Crippen molar-refractivity contribution in [2.75, 3.05) is 16.8 Å². The molecular weight excluding hydrogens is 224 g/mol. The van der Waals surface area contributed by atoms with Gasteiger partial charge in [0, 0.05) is 4.88 Å². The van der Waals surface area contributed by atoms with E-state index in [1.54, 1.807) is 11.3 Å². The van der Waals surface area contributed by atoms with E-state index >= 15 is 0 Å². The van der Waals surface area contributed by atoms with Crippen molar-refractivity contribution in [2.45, 2.75) is 13.8 Å². The van der Waals surface area contributed by atoms with Crippen LogP contribution in [0.25, 0.3) is 0 Å². The second-order valence-electron chi connectivity index (χ2n) is 3.31. The van der Waals surface area contributed by atoms with Crippen LogP contribution in [0, 0.1) is 13.8 Å². The van der Waals surface area contributed by atoms with Gasteiger partial charge in [0.1, 0.15) is 12.0 Å². The Balaban J connectivity index is 2.30. The molecule has 0 aliphatic rings. The Hall–Kier alpha value is -1.89. The van der Waals surface area contributed by atoms with Crippen LogP contribution in [0.15, 0.2) is 6.33 Å². The molecule has 7 heteroatoms. The quantitative estimate of drug-likeness (QED) is 0.729. The molecule has 16 heavy (non-hydrogen) atoms. The van der Waals surface area contributed by atoms with Crippen LogP contribution in [0.4, 0.5) is 22.5 Å². The maximum absolute atomic E-state index is 5.74. The summed E-state index contributed by atoms with van der Waals surface area (Å²) in [4.78, 5) is 13.3. The highest BCUT2D eigenvalue weighted by Gasteiger charge is 2.08. The second kappa shape index (κ2) is 3.93. The summed E-state index contributed by atoms with van der Waals surface area (Å²) in [6.45, 7) is 3.96. The third-order valence-corrected chi connectivity index (χ3v) is 3.16. The van der Waals surface area contributed by atoms with Crippen LogP contribution in [-0.4, -0.2) is 15.0 Å². The van der Waals surface area contributed by atoms with E-state index in [2.05, 4.69) is 20.3 Å². The summed E-state index contributed by atoms with van der Waals surface area (Å²) in [6.07, 6.45) is 1.36. The van der Waals surface area contributed by atoms with Crippen LogP contribution in [0.5, 0.6) is 0 Å². The van der Waals surface area contributed by atoms with Crippen LogP contribution in [0.1, 0.15) is 10.6 Å². The molecule has 0 amide bonds. The molecule has 0 unspecified atom stereocenters. The number of nitrogens with zero attached hydrogens (tertiary/aromatic N) is 3. The van der Waals surface area contributed by atoms with Gasteiger partial charge in [0.05, 0.1) is 5.69 Å². The minimum absolute atomic E-state index is 0.266. The molecule has 84 valence electrons. The molecule has 0 fully saturated rings. The van der Waals surface area contributed by atoms with Gasteiger partial charge in [-0.3, -0.25) is 0 Å². The van der Waals surface area contributed by atoms with Gasteiger partial charge in [0.15, 0.2) is 16.8 Å². The van der Waals surface area contributed by atoms with Gasteiger partial charge < -0.3 is 16.8 Å². The molecule has 0 aromatic carbocycles. The maximum Gasteiger partial charge on any atom is 0.188 e. The minimum Gasteiger partial charge on any atom is -0.393 e. The van der Waals surface area contributed by atoms with Gasteiger partial charge in [-0.2, -0.15) is 0 Å². The van der Waals surface area contributed by atoms with E-state index in [9.17, 15) is 0 Å². The molecule has 2 heterocycles. The van der Waals surface area contributed by atoms with Crippen LogP contribution in [0.2, 0.25) is 0 Å². The lowest BCUT2D eigenvalue weighted by Crippen LogP contribution is -2.04. The van der Waals surface area contributed by atoms with Crippen LogP contribution in [0.3, 0.4) is 0 Å². The van der Waals surface area contributed by atoms with Crippen molar-refractivity contribution in [1.29, 1.82) is 0 Å². The largest absolute Gasteiger partial charge is 0.393 e. The van der Waals surface area contributed by atoms with Gasteiger partial charge in [-0.25, -0.2) is 15.0 Å². The minimum atomic E-state index is 0.266. The van der Waals surface area contributed by atoms with E-state index in [1.165, 1.54) is 6.33 Å². The predicted octanol–water partition coefficient (Wildman–Crippen LogP) is 1.46. The van der Waals surface area contributed by atoms with Crippen LogP contribution >= 0.6 is 11.3 Å². The maximum atomic E-state index is 5.74. The lowest BCUT2D eigenvalue weighted by Gasteiger charge is -2.05. The number of nitrogen functional groups attached to an aromatic ring is 2. The molecule has 0 atom stereocenters. The molecule has 0 aliphatic heterocycles. The average molecular weight is 236 g/mol. The molecular formula is C9H12N6S. The second-order valence-corrected chi connectivity index (χ2v) is 4.51. The van der Waals surface area contributed by atoms with Crippen molar-refractivity contribution >= 4 is 33.8 Å². The van der Waals surface area contributed by atoms with E-state index < -0.39 is 0 Å².